The molecule has 0 aromatic rings. The molecule has 0 N–H and O–H groups in total. The summed E-state index contributed by atoms with van der Waals surface area (Å²) in [5, 5.41) is 0. The van der Waals surface area contributed by atoms with Crippen molar-refractivity contribution in [3.05, 3.63) is 0 Å². The minimum atomic E-state index is 0.0556. The summed E-state index contributed by atoms with van der Waals surface area (Å²) in [6.07, 6.45) is 0. The Hall–Kier alpha value is 2.58. The molecule has 0 aromatic carbocycles. The van der Waals surface area contributed by atoms with E-state index in [1.807, 2.05) is 0 Å². The SMILES string of the molecule is [Fe][Zr].[O]=[Ce]. The van der Waals surface area contributed by atoms with Gasteiger partial charge in [-0.25, -0.2) is 0 Å². The van der Waals surface area contributed by atoms with Gasteiger partial charge in [0.25, 0.3) is 0 Å². The summed E-state index contributed by atoms with van der Waals surface area (Å²) < 4.78 is 8.39. The molecule has 0 unspecified atom stereocenters. The normalized spacial score (nSPS) is 1.75. The Bertz CT molecular complexity index is 8.00. The molecule has 0 aliphatic rings. The molecule has 0 rings (SSSR count). The van der Waals surface area contributed by atoms with E-state index in [1.165, 1.54) is 22.3 Å². The van der Waals surface area contributed by atoms with Crippen LogP contribution in [0.5, 0.6) is 0 Å². The fourth-order valence-electron chi connectivity index (χ4n) is 0. The predicted octanol–water partition coefficient (Wildman–Crippen LogP) is -0.124. The zero-order chi connectivity index (χ0) is 4.00. The van der Waals surface area contributed by atoms with Crippen molar-refractivity contribution >= 4 is 0 Å². The van der Waals surface area contributed by atoms with E-state index in [0.717, 1.165) is 0 Å². The van der Waals surface area contributed by atoms with Gasteiger partial charge in [-0.05, 0) is 0 Å². The molecule has 4 heteroatoms. The van der Waals surface area contributed by atoms with Crippen LogP contribution in [0.3, 0.4) is 0 Å². The van der Waals surface area contributed by atoms with Gasteiger partial charge in [0, 0.05) is 0 Å². The molecule has 0 amide bonds. The van der Waals surface area contributed by atoms with Crippen LogP contribution in [0.1, 0.15) is 0 Å². The van der Waals surface area contributed by atoms with Crippen LogP contribution in [-0.2, 0) is 35.6 Å². The van der Waals surface area contributed by atoms with Crippen LogP contribution in [0.15, 0.2) is 0 Å². The fourth-order valence-corrected chi connectivity index (χ4v) is 0. The first-order valence-corrected chi connectivity index (χ1v) is 5.80. The average Bonchev–Trinajstić information content (AvgIpc) is 1.50. The zero-order valence-electron chi connectivity index (χ0n) is 1.76. The fraction of sp³-hybridized carbons (Fsp3) is 0. The van der Waals surface area contributed by atoms with Crippen LogP contribution < -0.4 is 0 Å². The predicted molar refractivity (Wildman–Crippen MR) is 0.686 cm³/mol. The summed E-state index contributed by atoms with van der Waals surface area (Å²) in [4.78, 5) is 0. The van der Waals surface area contributed by atoms with Crippen molar-refractivity contribution in [2.45, 2.75) is 0 Å². The summed E-state index contributed by atoms with van der Waals surface area (Å²) in [6.45, 7) is 0. The van der Waals surface area contributed by atoms with Crippen molar-refractivity contribution in [1.29, 1.82) is 0 Å². The second-order valence-electron chi connectivity index (χ2n) is 0. The summed E-state index contributed by atoms with van der Waals surface area (Å²) in [6, 6.07) is 0. The maximum absolute atomic E-state index is 8.39. The van der Waals surface area contributed by atoms with Crippen LogP contribution in [0.4, 0.5) is 0 Å². The van der Waals surface area contributed by atoms with Gasteiger partial charge in [-0.1, -0.05) is 0 Å². The summed E-state index contributed by atoms with van der Waals surface area (Å²) >= 11 is 4.70. The third-order valence-electron chi connectivity index (χ3n) is 0. The second kappa shape index (κ2) is 17.6. The summed E-state index contributed by atoms with van der Waals surface area (Å²) in [5.41, 5.74) is 0. The van der Waals surface area contributed by atoms with Crippen LogP contribution in [-0.4, -0.2) is 0 Å². The number of hydrogen-bond donors (Lipinski definition) is 0. The van der Waals surface area contributed by atoms with Gasteiger partial charge in [0.15, 0.2) is 0 Å². The average molecular weight is 303 g/mol. The van der Waals surface area contributed by atoms with E-state index in [1.54, 1.807) is 0 Å². The summed E-state index contributed by atoms with van der Waals surface area (Å²) in [5.74, 6) is 0. The Balaban J connectivity index is 0. The van der Waals surface area contributed by atoms with E-state index in [0.29, 0.717) is 0 Å². The van der Waals surface area contributed by atoms with Gasteiger partial charge >= 0.3 is 75.4 Å². The molecule has 1 nitrogen and oxygen atoms in total. The van der Waals surface area contributed by atoms with Gasteiger partial charge in [0.05, 0.1) is 0 Å². The standard InChI is InChI=1S/Ce.Fe.O.Zr. The van der Waals surface area contributed by atoms with E-state index in [-0.39, 0.29) is 39.8 Å². The van der Waals surface area contributed by atoms with Crippen molar-refractivity contribution in [3.8, 4) is 0 Å². The topological polar surface area (TPSA) is 17.1 Å². The molecule has 0 radical (unpaired) electrons. The van der Waals surface area contributed by atoms with Crippen molar-refractivity contribution in [3.63, 3.8) is 0 Å². The van der Waals surface area contributed by atoms with Crippen LogP contribution in [0.25, 0.3) is 0 Å². The molecule has 0 fully saturated rings. The van der Waals surface area contributed by atoms with Crippen LogP contribution >= 0.6 is 0 Å². The third kappa shape index (κ3) is 8.82. The molecule has 0 atom stereocenters. The third-order valence-corrected chi connectivity index (χ3v) is 0. The second-order valence-corrected chi connectivity index (χ2v) is 0. The molecule has 0 aliphatic heterocycles. The molecule has 22 valence electrons. The van der Waals surface area contributed by atoms with Crippen molar-refractivity contribution in [2.75, 3.05) is 0 Å². The Morgan fingerprint density at radius 1 is 1.50 bits per heavy atom. The van der Waals surface area contributed by atoms with E-state index < -0.39 is 0 Å². The van der Waals surface area contributed by atoms with Gasteiger partial charge in [-0.15, -0.1) is 0 Å². The molecular weight excluding hydrogens is 303 g/mol. The first-order valence-electron chi connectivity index (χ1n) is 0.381. The molecule has 0 aliphatic carbocycles. The zero-order valence-corrected chi connectivity index (χ0v) is 8.46. The van der Waals surface area contributed by atoms with Crippen molar-refractivity contribution in [2.24, 2.45) is 0 Å². The quantitative estimate of drug-likeness (QED) is 0.570. The van der Waals surface area contributed by atoms with E-state index in [9.17, 15) is 0 Å². The Kier molecular flexibility index (Phi) is 42.9. The summed E-state index contributed by atoms with van der Waals surface area (Å²) in [7, 11) is 0. The van der Waals surface area contributed by atoms with E-state index >= 15 is 0 Å². The molecule has 0 aromatic heterocycles. The van der Waals surface area contributed by atoms with Gasteiger partial charge < -0.3 is 0 Å². The van der Waals surface area contributed by atoms with Gasteiger partial charge in [-0.2, -0.15) is 0 Å². The Morgan fingerprint density at radius 3 is 1.50 bits per heavy atom. The van der Waals surface area contributed by atoms with Gasteiger partial charge in [-0.3, -0.25) is 0 Å². The van der Waals surface area contributed by atoms with Crippen molar-refractivity contribution in [1.82, 2.24) is 0 Å². The number of hydrogen-bond acceptors (Lipinski definition) is 1. The molecular formula is CeFeOZr. The van der Waals surface area contributed by atoms with E-state index in [2.05, 4.69) is 12.3 Å². The number of rotatable bonds is 0. The van der Waals surface area contributed by atoms with Gasteiger partial charge in [0.1, 0.15) is 0 Å². The van der Waals surface area contributed by atoms with Crippen LogP contribution in [0.2, 0.25) is 0 Å². The molecule has 0 bridgehead atoms. The Labute approximate surface area is 73.4 Å². The molecule has 0 spiro atoms. The Morgan fingerprint density at radius 2 is 1.50 bits per heavy atom. The molecule has 0 saturated carbocycles. The van der Waals surface area contributed by atoms with Gasteiger partial charge in [0.2, 0.25) is 0 Å². The maximum atomic E-state index is 8.39. The van der Waals surface area contributed by atoms with E-state index in [4.69, 9.17) is 0.938 Å². The minimum absolute atomic E-state index is 0.0556. The first-order chi connectivity index (χ1) is 2.00. The van der Waals surface area contributed by atoms with Crippen LogP contribution in [0, 0.1) is 39.8 Å². The van der Waals surface area contributed by atoms with Crippen molar-refractivity contribution < 1.29 is 75.4 Å². The first kappa shape index (κ1) is 9.77. The monoisotopic (exact) mass is 302 g/mol. The molecule has 0 saturated heterocycles. The molecule has 0 heterocycles. The molecule has 4 heavy (non-hydrogen) atoms.